The van der Waals surface area contributed by atoms with Crippen molar-refractivity contribution in [3.63, 3.8) is 0 Å². The van der Waals surface area contributed by atoms with Crippen molar-refractivity contribution in [3.05, 3.63) is 70.4 Å². The maximum Gasteiger partial charge on any atom is 0.258 e. The Morgan fingerprint density at radius 2 is 1.71 bits per heavy atom. The van der Waals surface area contributed by atoms with Crippen LogP contribution in [0.4, 0.5) is 5.69 Å². The van der Waals surface area contributed by atoms with E-state index in [-0.39, 0.29) is 24.3 Å². The first-order chi connectivity index (χ1) is 15.1. The van der Waals surface area contributed by atoms with E-state index >= 15 is 0 Å². The van der Waals surface area contributed by atoms with Crippen molar-refractivity contribution in [1.82, 2.24) is 9.47 Å². The molecule has 1 saturated heterocycles. The highest BCUT2D eigenvalue weighted by atomic mass is 32.2. The second-order valence-corrected chi connectivity index (χ2v) is 9.79. The Morgan fingerprint density at radius 3 is 2.42 bits per heavy atom. The maximum atomic E-state index is 13.3. The van der Waals surface area contributed by atoms with E-state index in [1.807, 2.05) is 65.1 Å². The van der Waals surface area contributed by atoms with Crippen LogP contribution in [0.1, 0.15) is 39.2 Å². The summed E-state index contributed by atoms with van der Waals surface area (Å²) in [6, 6.07) is 11.3. The highest BCUT2D eigenvalue weighted by Gasteiger charge is 2.29. The average molecular weight is 452 g/mol. The molecular formula is C23H21N3O3S2. The molecule has 2 aliphatic rings. The molecule has 1 fully saturated rings. The van der Waals surface area contributed by atoms with Crippen molar-refractivity contribution < 1.29 is 14.4 Å². The van der Waals surface area contributed by atoms with Gasteiger partial charge in [-0.2, -0.15) is 11.8 Å². The topological polar surface area (TPSA) is 71.4 Å². The maximum absolute atomic E-state index is 13.3. The molecule has 2 aliphatic heterocycles. The summed E-state index contributed by atoms with van der Waals surface area (Å²) >= 11 is 3.60. The Bertz CT molecular complexity index is 1130. The second-order valence-electron chi connectivity index (χ2n) is 7.60. The van der Waals surface area contributed by atoms with E-state index in [1.165, 1.54) is 9.78 Å². The van der Waals surface area contributed by atoms with Crippen LogP contribution in [0.15, 0.2) is 48.8 Å². The van der Waals surface area contributed by atoms with E-state index in [2.05, 4.69) is 5.32 Å². The van der Waals surface area contributed by atoms with Gasteiger partial charge in [-0.25, -0.2) is 0 Å². The molecule has 6 nitrogen and oxygen atoms in total. The average Bonchev–Trinajstić information content (AvgIpc) is 3.50. The van der Waals surface area contributed by atoms with Crippen LogP contribution in [-0.2, 0) is 28.3 Å². The number of likely N-dealkylation sites (tertiary alicyclic amines) is 1. The van der Waals surface area contributed by atoms with E-state index in [0.717, 1.165) is 39.6 Å². The molecule has 0 bridgehead atoms. The fraction of sp³-hybridized carbons (Fsp3) is 0.261. The van der Waals surface area contributed by atoms with Gasteiger partial charge in [0.25, 0.3) is 5.91 Å². The van der Waals surface area contributed by atoms with E-state index in [4.69, 9.17) is 0 Å². The SMILES string of the molecule is O=C(Nc1ccc(CN2C(=O)CCC2=O)cc1)c1c(-n2cccc2)sc2c1CCSC2. The fourth-order valence-electron chi connectivity index (χ4n) is 3.97. The number of thioether (sulfide) groups is 1. The zero-order valence-electron chi connectivity index (χ0n) is 16.8. The minimum atomic E-state index is -0.125. The van der Waals surface area contributed by atoms with Crippen molar-refractivity contribution in [2.45, 2.75) is 31.6 Å². The lowest BCUT2D eigenvalue weighted by Gasteiger charge is -2.15. The summed E-state index contributed by atoms with van der Waals surface area (Å²) < 4.78 is 2.01. The molecule has 0 spiro atoms. The third-order valence-electron chi connectivity index (χ3n) is 5.58. The molecule has 2 aromatic heterocycles. The predicted octanol–water partition coefficient (Wildman–Crippen LogP) is 4.23. The molecule has 5 rings (SSSR count). The molecule has 0 radical (unpaired) electrons. The van der Waals surface area contributed by atoms with Gasteiger partial charge in [-0.1, -0.05) is 12.1 Å². The third kappa shape index (κ3) is 3.93. The summed E-state index contributed by atoms with van der Waals surface area (Å²) in [6.07, 6.45) is 5.42. The lowest BCUT2D eigenvalue weighted by atomic mass is 10.1. The van der Waals surface area contributed by atoms with E-state index in [9.17, 15) is 14.4 Å². The van der Waals surface area contributed by atoms with Crippen LogP contribution < -0.4 is 5.32 Å². The van der Waals surface area contributed by atoms with Gasteiger partial charge in [-0.3, -0.25) is 19.3 Å². The summed E-state index contributed by atoms with van der Waals surface area (Å²) in [5.41, 5.74) is 3.47. The quantitative estimate of drug-likeness (QED) is 0.590. The van der Waals surface area contributed by atoms with Gasteiger partial charge in [0.15, 0.2) is 0 Å². The Hall–Kier alpha value is -2.84. The number of carbonyl (C=O) groups is 3. The standard InChI is InChI=1S/C23H21N3O3S2/c27-19-7-8-20(28)26(19)13-15-3-5-16(6-4-15)24-22(29)21-17-9-12-30-14-18(17)31-23(21)25-10-1-2-11-25/h1-6,10-11H,7-9,12-14H2,(H,24,29). The number of hydrogen-bond donors (Lipinski definition) is 1. The minimum Gasteiger partial charge on any atom is -0.322 e. The van der Waals surface area contributed by atoms with Gasteiger partial charge in [-0.05, 0) is 47.6 Å². The molecule has 3 amide bonds. The smallest absolute Gasteiger partial charge is 0.258 e. The first-order valence-electron chi connectivity index (χ1n) is 10.2. The second kappa shape index (κ2) is 8.36. The number of nitrogens with zero attached hydrogens (tertiary/aromatic N) is 2. The number of nitrogens with one attached hydrogen (secondary N) is 1. The first-order valence-corrected chi connectivity index (χ1v) is 12.2. The zero-order valence-corrected chi connectivity index (χ0v) is 18.4. The largest absolute Gasteiger partial charge is 0.322 e. The molecule has 4 heterocycles. The number of imide groups is 1. The summed E-state index contributed by atoms with van der Waals surface area (Å²) in [4.78, 5) is 39.5. The van der Waals surface area contributed by atoms with Crippen molar-refractivity contribution in [3.8, 4) is 5.00 Å². The number of amides is 3. The first kappa shape index (κ1) is 20.1. The van der Waals surface area contributed by atoms with Gasteiger partial charge >= 0.3 is 0 Å². The van der Waals surface area contributed by atoms with Crippen molar-refractivity contribution >= 4 is 46.5 Å². The summed E-state index contributed by atoms with van der Waals surface area (Å²) in [6.45, 7) is 0.277. The van der Waals surface area contributed by atoms with Crippen molar-refractivity contribution in [2.24, 2.45) is 0 Å². The van der Waals surface area contributed by atoms with E-state index in [0.29, 0.717) is 18.5 Å². The van der Waals surface area contributed by atoms with Crippen LogP contribution in [-0.4, -0.2) is 32.9 Å². The molecule has 1 aromatic carbocycles. The normalized spacial score (nSPS) is 15.9. The van der Waals surface area contributed by atoms with Crippen LogP contribution >= 0.6 is 23.1 Å². The van der Waals surface area contributed by atoms with Crippen molar-refractivity contribution in [1.29, 1.82) is 0 Å². The number of anilines is 1. The van der Waals surface area contributed by atoms with Gasteiger partial charge < -0.3 is 9.88 Å². The molecule has 0 aliphatic carbocycles. The zero-order chi connectivity index (χ0) is 21.4. The van der Waals surface area contributed by atoms with Crippen LogP contribution in [0.5, 0.6) is 0 Å². The van der Waals surface area contributed by atoms with Crippen LogP contribution in [0.25, 0.3) is 5.00 Å². The van der Waals surface area contributed by atoms with Gasteiger partial charge in [0.2, 0.25) is 11.8 Å². The highest BCUT2D eigenvalue weighted by molar-refractivity contribution is 7.98. The van der Waals surface area contributed by atoms with Crippen LogP contribution in [0.3, 0.4) is 0 Å². The molecule has 8 heteroatoms. The van der Waals surface area contributed by atoms with E-state index < -0.39 is 0 Å². The molecule has 158 valence electrons. The predicted molar refractivity (Wildman–Crippen MR) is 123 cm³/mol. The van der Waals surface area contributed by atoms with Crippen molar-refractivity contribution in [2.75, 3.05) is 11.1 Å². The number of rotatable bonds is 5. The summed E-state index contributed by atoms with van der Waals surface area (Å²) in [5.74, 6) is 1.62. The molecule has 0 atom stereocenters. The summed E-state index contributed by atoms with van der Waals surface area (Å²) in [5, 5.41) is 3.99. The molecular weight excluding hydrogens is 430 g/mol. The molecule has 0 saturated carbocycles. The molecule has 0 unspecified atom stereocenters. The molecule has 31 heavy (non-hydrogen) atoms. The monoisotopic (exact) mass is 451 g/mol. The van der Waals surface area contributed by atoms with Gasteiger partial charge in [0.1, 0.15) is 5.00 Å². The Kier molecular flexibility index (Phi) is 5.41. The minimum absolute atomic E-state index is 0.106. The summed E-state index contributed by atoms with van der Waals surface area (Å²) in [7, 11) is 0. The van der Waals surface area contributed by atoms with Gasteiger partial charge in [0, 0.05) is 41.6 Å². The number of fused-ring (bicyclic) bond motifs is 1. The third-order valence-corrected chi connectivity index (χ3v) is 7.99. The lowest BCUT2D eigenvalue weighted by Crippen LogP contribution is -2.28. The Balaban J connectivity index is 1.36. The highest BCUT2D eigenvalue weighted by Crippen LogP contribution is 2.38. The number of hydrogen-bond acceptors (Lipinski definition) is 5. The Morgan fingerprint density at radius 1 is 1.00 bits per heavy atom. The fourth-order valence-corrected chi connectivity index (χ4v) is 6.42. The Labute approximate surface area is 188 Å². The number of carbonyl (C=O) groups excluding carboxylic acids is 3. The molecule has 3 aromatic rings. The van der Waals surface area contributed by atoms with E-state index in [1.54, 1.807) is 11.3 Å². The van der Waals surface area contributed by atoms with Gasteiger partial charge in [-0.15, -0.1) is 11.3 Å². The molecule has 1 N–H and O–H groups in total. The lowest BCUT2D eigenvalue weighted by molar-refractivity contribution is -0.139. The number of thiophene rings is 1. The van der Waals surface area contributed by atoms with Crippen LogP contribution in [0.2, 0.25) is 0 Å². The van der Waals surface area contributed by atoms with Gasteiger partial charge in [0.05, 0.1) is 12.1 Å². The number of aromatic nitrogens is 1. The number of benzene rings is 1. The van der Waals surface area contributed by atoms with Crippen LogP contribution in [0, 0.1) is 0 Å².